The van der Waals surface area contributed by atoms with Gasteiger partial charge in [0.05, 0.1) is 6.10 Å². The van der Waals surface area contributed by atoms with Gasteiger partial charge in [-0.15, -0.1) is 6.58 Å². The molecule has 0 radical (unpaired) electrons. The molecule has 4 atom stereocenters. The first kappa shape index (κ1) is 22.2. The Kier molecular flexibility index (Phi) is 7.22. The maximum Gasteiger partial charge on any atom is 0.166 e. The Morgan fingerprint density at radius 3 is 2.42 bits per heavy atom. The molecule has 4 unspecified atom stereocenters. The Morgan fingerprint density at radius 2 is 1.68 bits per heavy atom. The highest BCUT2D eigenvalue weighted by Crippen LogP contribution is 2.47. The second kappa shape index (κ2) is 10.1. The second-order valence-corrected chi connectivity index (χ2v) is 9.28. The molecular weight excluding hydrogens is 390 g/mol. The van der Waals surface area contributed by atoms with Crippen LogP contribution in [0.25, 0.3) is 11.1 Å². The van der Waals surface area contributed by atoms with E-state index in [1.165, 1.54) is 5.56 Å². The van der Waals surface area contributed by atoms with Crippen molar-refractivity contribution in [1.82, 2.24) is 0 Å². The summed E-state index contributed by atoms with van der Waals surface area (Å²) in [7, 11) is 0. The molecule has 31 heavy (non-hydrogen) atoms. The third kappa shape index (κ3) is 4.92. The van der Waals surface area contributed by atoms with Crippen LogP contribution in [0.3, 0.4) is 0 Å². The molecule has 2 aliphatic carbocycles. The van der Waals surface area contributed by atoms with Crippen molar-refractivity contribution in [3.8, 4) is 11.1 Å². The minimum absolute atomic E-state index is 0.120. The lowest BCUT2D eigenvalue weighted by atomic mass is 9.65. The lowest BCUT2D eigenvalue weighted by molar-refractivity contribution is -0.00970. The lowest BCUT2D eigenvalue weighted by Crippen LogP contribution is -2.34. The highest BCUT2D eigenvalue weighted by atomic mass is 19.2. The van der Waals surface area contributed by atoms with Crippen LogP contribution in [0.1, 0.15) is 68.9 Å². The number of rotatable bonds is 7. The Bertz CT molecular complexity index is 889. The number of aryl methyl sites for hydroxylation is 1. The third-order valence-electron chi connectivity index (χ3n) is 7.42. The predicted octanol–water partition coefficient (Wildman–Crippen LogP) is 7.84. The average molecular weight is 425 g/mol. The smallest absolute Gasteiger partial charge is 0.166 e. The molecule has 0 saturated heterocycles. The van der Waals surface area contributed by atoms with E-state index in [-0.39, 0.29) is 5.92 Å². The molecule has 2 saturated carbocycles. The molecule has 2 aliphatic rings. The van der Waals surface area contributed by atoms with E-state index in [0.29, 0.717) is 29.1 Å². The zero-order chi connectivity index (χ0) is 21.8. The molecule has 0 N–H and O–H groups in total. The SMILES string of the molecule is C=CCCc1ccc(-c2ccc(C3CCC4CC(OCC)CCC4C3)c(F)c2F)cc1. The van der Waals surface area contributed by atoms with Gasteiger partial charge in [-0.1, -0.05) is 42.5 Å². The largest absolute Gasteiger partial charge is 0.378 e. The fourth-order valence-corrected chi connectivity index (χ4v) is 5.74. The van der Waals surface area contributed by atoms with Crippen molar-refractivity contribution < 1.29 is 13.5 Å². The zero-order valence-corrected chi connectivity index (χ0v) is 18.6. The number of allylic oxidation sites excluding steroid dienone is 1. The van der Waals surface area contributed by atoms with E-state index in [1.54, 1.807) is 6.07 Å². The topological polar surface area (TPSA) is 9.23 Å². The summed E-state index contributed by atoms with van der Waals surface area (Å²) < 4.78 is 36.1. The van der Waals surface area contributed by atoms with Gasteiger partial charge in [0, 0.05) is 12.2 Å². The predicted molar refractivity (Wildman–Crippen MR) is 123 cm³/mol. The van der Waals surface area contributed by atoms with Crippen molar-refractivity contribution in [3.63, 3.8) is 0 Å². The van der Waals surface area contributed by atoms with Crippen LogP contribution in [-0.4, -0.2) is 12.7 Å². The molecule has 0 aliphatic heterocycles. The number of fused-ring (bicyclic) bond motifs is 1. The molecular formula is C28H34F2O. The van der Waals surface area contributed by atoms with Gasteiger partial charge in [-0.05, 0) is 92.7 Å². The van der Waals surface area contributed by atoms with E-state index in [9.17, 15) is 0 Å². The summed E-state index contributed by atoms with van der Waals surface area (Å²) >= 11 is 0. The summed E-state index contributed by atoms with van der Waals surface area (Å²) in [6.07, 6.45) is 10.5. The van der Waals surface area contributed by atoms with Crippen LogP contribution in [0.5, 0.6) is 0 Å². The van der Waals surface area contributed by atoms with Gasteiger partial charge in [-0.25, -0.2) is 8.78 Å². The Hall–Kier alpha value is -2.00. The van der Waals surface area contributed by atoms with Gasteiger partial charge in [-0.3, -0.25) is 0 Å². The second-order valence-electron chi connectivity index (χ2n) is 9.28. The van der Waals surface area contributed by atoms with Crippen LogP contribution in [0, 0.1) is 23.5 Å². The average Bonchev–Trinajstić information content (AvgIpc) is 2.80. The van der Waals surface area contributed by atoms with Crippen LogP contribution in [0.15, 0.2) is 49.1 Å². The van der Waals surface area contributed by atoms with Crippen molar-refractivity contribution >= 4 is 0 Å². The van der Waals surface area contributed by atoms with Gasteiger partial charge in [0.25, 0.3) is 0 Å². The zero-order valence-electron chi connectivity index (χ0n) is 18.6. The Balaban J connectivity index is 1.47. The fraction of sp³-hybridized carbons (Fsp3) is 0.500. The molecule has 2 aromatic rings. The highest BCUT2D eigenvalue weighted by molar-refractivity contribution is 5.65. The molecule has 2 fully saturated rings. The summed E-state index contributed by atoms with van der Waals surface area (Å²) in [5.41, 5.74) is 2.82. The van der Waals surface area contributed by atoms with Gasteiger partial charge >= 0.3 is 0 Å². The first-order chi connectivity index (χ1) is 15.1. The maximum absolute atomic E-state index is 15.2. The number of benzene rings is 2. The summed E-state index contributed by atoms with van der Waals surface area (Å²) in [6.45, 7) is 6.58. The number of halogens is 2. The summed E-state index contributed by atoms with van der Waals surface area (Å²) in [5, 5.41) is 0. The Labute approximate surface area is 185 Å². The molecule has 4 rings (SSSR count). The van der Waals surface area contributed by atoms with Gasteiger partial charge in [0.1, 0.15) is 0 Å². The van der Waals surface area contributed by atoms with E-state index in [4.69, 9.17) is 4.74 Å². The highest BCUT2D eigenvalue weighted by Gasteiger charge is 2.37. The van der Waals surface area contributed by atoms with Crippen molar-refractivity contribution in [2.75, 3.05) is 6.61 Å². The summed E-state index contributed by atoms with van der Waals surface area (Å²) in [6, 6.07) is 11.4. The molecule has 0 bridgehead atoms. The van der Waals surface area contributed by atoms with Crippen molar-refractivity contribution in [2.45, 2.75) is 70.3 Å². The van der Waals surface area contributed by atoms with Crippen LogP contribution in [0.4, 0.5) is 8.78 Å². The molecule has 3 heteroatoms. The normalized spacial score (nSPS) is 25.8. The number of hydrogen-bond donors (Lipinski definition) is 0. The van der Waals surface area contributed by atoms with Crippen LogP contribution >= 0.6 is 0 Å². The first-order valence-corrected chi connectivity index (χ1v) is 11.9. The summed E-state index contributed by atoms with van der Waals surface area (Å²) in [4.78, 5) is 0. The van der Waals surface area contributed by atoms with Crippen LogP contribution < -0.4 is 0 Å². The van der Waals surface area contributed by atoms with Crippen molar-refractivity contribution in [1.29, 1.82) is 0 Å². The molecule has 2 aromatic carbocycles. The molecule has 0 amide bonds. The standard InChI is InChI=1S/C28H34F2O/c1-3-5-6-19-7-9-20(10-8-19)25-15-16-26(28(30)27(25)29)23-12-11-22-18-24(31-4-2)14-13-21(22)17-23/h3,7-10,15-16,21-24H,1,4-6,11-14,17-18H2,2H3. The fourth-order valence-electron chi connectivity index (χ4n) is 5.74. The van der Waals surface area contributed by atoms with Gasteiger partial charge in [-0.2, -0.15) is 0 Å². The maximum atomic E-state index is 15.2. The van der Waals surface area contributed by atoms with Gasteiger partial charge < -0.3 is 4.74 Å². The molecule has 0 heterocycles. The van der Waals surface area contributed by atoms with E-state index in [2.05, 4.69) is 13.5 Å². The van der Waals surface area contributed by atoms with E-state index < -0.39 is 11.6 Å². The number of hydrogen-bond acceptors (Lipinski definition) is 1. The number of ether oxygens (including phenoxy) is 1. The van der Waals surface area contributed by atoms with Crippen molar-refractivity contribution in [2.24, 2.45) is 11.8 Å². The van der Waals surface area contributed by atoms with Gasteiger partial charge in [0.2, 0.25) is 0 Å². The van der Waals surface area contributed by atoms with E-state index in [1.807, 2.05) is 36.4 Å². The molecule has 0 aromatic heterocycles. The monoisotopic (exact) mass is 424 g/mol. The molecule has 1 nitrogen and oxygen atoms in total. The third-order valence-corrected chi connectivity index (χ3v) is 7.42. The van der Waals surface area contributed by atoms with Gasteiger partial charge in [0.15, 0.2) is 11.6 Å². The lowest BCUT2D eigenvalue weighted by Gasteiger charge is -2.42. The van der Waals surface area contributed by atoms with Crippen LogP contribution in [0.2, 0.25) is 0 Å². The molecule has 166 valence electrons. The quantitative estimate of drug-likeness (QED) is 0.411. The first-order valence-electron chi connectivity index (χ1n) is 11.9. The van der Waals surface area contributed by atoms with E-state index in [0.717, 1.165) is 63.5 Å². The van der Waals surface area contributed by atoms with Crippen LogP contribution in [-0.2, 0) is 11.2 Å². The molecule has 0 spiro atoms. The Morgan fingerprint density at radius 1 is 0.935 bits per heavy atom. The van der Waals surface area contributed by atoms with E-state index >= 15 is 8.78 Å². The minimum atomic E-state index is -0.710. The van der Waals surface area contributed by atoms with Crippen molar-refractivity contribution in [3.05, 3.63) is 71.8 Å². The summed E-state index contributed by atoms with van der Waals surface area (Å²) in [5.74, 6) is 0.0435. The minimum Gasteiger partial charge on any atom is -0.378 e.